The summed E-state index contributed by atoms with van der Waals surface area (Å²) in [6.07, 6.45) is 7.45. The quantitative estimate of drug-likeness (QED) is 0.789. The van der Waals surface area contributed by atoms with Crippen LogP contribution in [0.5, 0.6) is 0 Å². The maximum atomic E-state index is 13.5. The van der Waals surface area contributed by atoms with Crippen molar-refractivity contribution < 1.29 is 9.59 Å². The van der Waals surface area contributed by atoms with Crippen LogP contribution in [0.15, 0.2) is 36.4 Å². The molecule has 0 saturated heterocycles. The summed E-state index contributed by atoms with van der Waals surface area (Å²) in [5.74, 6) is -0.0220. The molecule has 1 saturated carbocycles. The van der Waals surface area contributed by atoms with Gasteiger partial charge in [0, 0.05) is 23.5 Å². The van der Waals surface area contributed by atoms with E-state index < -0.39 is 6.04 Å². The summed E-state index contributed by atoms with van der Waals surface area (Å²) in [6, 6.07) is 11.6. The van der Waals surface area contributed by atoms with Gasteiger partial charge in [-0.05, 0) is 36.3 Å². The fraction of sp³-hybridized carbons (Fsp3) is 0.478. The van der Waals surface area contributed by atoms with Crippen LogP contribution >= 0.6 is 0 Å². The molecule has 1 N–H and O–H groups in total. The van der Waals surface area contributed by atoms with Gasteiger partial charge in [-0.25, -0.2) is 0 Å². The maximum absolute atomic E-state index is 13.5. The second-order valence-electron chi connectivity index (χ2n) is 7.80. The fourth-order valence-electron chi connectivity index (χ4n) is 4.67. The van der Waals surface area contributed by atoms with Crippen LogP contribution in [0, 0.1) is 0 Å². The number of unbranched alkanes of at least 4 members (excludes halogenated alkanes) is 1. The highest BCUT2D eigenvalue weighted by Gasteiger charge is 2.41. The average Bonchev–Trinajstić information content (AvgIpc) is 2.71. The Labute approximate surface area is 160 Å². The van der Waals surface area contributed by atoms with E-state index in [1.165, 1.54) is 6.42 Å². The fourth-order valence-corrected chi connectivity index (χ4v) is 4.67. The van der Waals surface area contributed by atoms with Crippen LogP contribution in [0.3, 0.4) is 0 Å². The third-order valence-corrected chi connectivity index (χ3v) is 6.02. The van der Waals surface area contributed by atoms with Gasteiger partial charge >= 0.3 is 0 Å². The smallest absolute Gasteiger partial charge is 0.255 e. The van der Waals surface area contributed by atoms with E-state index in [9.17, 15) is 9.59 Å². The third kappa shape index (κ3) is 3.22. The first-order chi connectivity index (χ1) is 13.2. The number of carbonyl (C=O) groups excluding carboxylic acids is 2. The molecule has 2 amide bonds. The van der Waals surface area contributed by atoms with Crippen molar-refractivity contribution in [3.8, 4) is 0 Å². The zero-order valence-electron chi connectivity index (χ0n) is 16.0. The molecule has 27 heavy (non-hydrogen) atoms. The van der Waals surface area contributed by atoms with Gasteiger partial charge in [-0.2, -0.15) is 0 Å². The molecule has 2 aromatic carbocycles. The molecule has 1 unspecified atom stereocenters. The number of carbonyl (C=O) groups is 2. The van der Waals surface area contributed by atoms with Crippen LogP contribution < -0.4 is 5.32 Å². The molecule has 2 aliphatic rings. The first-order valence-corrected chi connectivity index (χ1v) is 10.3. The van der Waals surface area contributed by atoms with Gasteiger partial charge in [0.1, 0.15) is 6.04 Å². The Balaban J connectivity index is 1.80. The molecule has 0 spiro atoms. The zero-order chi connectivity index (χ0) is 18.8. The Bertz CT molecular complexity index is 849. The monoisotopic (exact) mass is 364 g/mol. The van der Waals surface area contributed by atoms with E-state index in [2.05, 4.69) is 12.2 Å². The lowest BCUT2D eigenvalue weighted by Gasteiger charge is -2.42. The Kier molecular flexibility index (Phi) is 5.15. The molecule has 4 nitrogen and oxygen atoms in total. The summed E-state index contributed by atoms with van der Waals surface area (Å²) in [5.41, 5.74) is 1.72. The van der Waals surface area contributed by atoms with Crippen molar-refractivity contribution in [2.24, 2.45) is 0 Å². The molecular weight excluding hydrogens is 336 g/mol. The second-order valence-corrected chi connectivity index (χ2v) is 7.80. The number of nitrogens with zero attached hydrogens (tertiary/aromatic N) is 1. The van der Waals surface area contributed by atoms with Gasteiger partial charge in [-0.15, -0.1) is 0 Å². The lowest BCUT2D eigenvalue weighted by atomic mass is 9.85. The van der Waals surface area contributed by atoms with Crippen molar-refractivity contribution in [2.45, 2.75) is 64.0 Å². The highest BCUT2D eigenvalue weighted by molar-refractivity contribution is 6.13. The predicted octanol–water partition coefficient (Wildman–Crippen LogP) is 4.59. The second kappa shape index (κ2) is 7.71. The normalized spacial score (nSPS) is 20.1. The maximum Gasteiger partial charge on any atom is 0.255 e. The third-order valence-electron chi connectivity index (χ3n) is 6.02. The Morgan fingerprint density at radius 1 is 1.11 bits per heavy atom. The predicted molar refractivity (Wildman–Crippen MR) is 108 cm³/mol. The number of nitrogens with one attached hydrogen (secondary N) is 1. The first-order valence-electron chi connectivity index (χ1n) is 10.3. The van der Waals surface area contributed by atoms with E-state index in [4.69, 9.17) is 0 Å². The molecule has 2 aromatic rings. The van der Waals surface area contributed by atoms with Gasteiger partial charge in [-0.3, -0.25) is 9.59 Å². The summed E-state index contributed by atoms with van der Waals surface area (Å²) in [5, 5.41) is 5.07. The molecule has 1 atom stereocenters. The number of rotatable bonds is 5. The van der Waals surface area contributed by atoms with E-state index in [0.29, 0.717) is 6.54 Å². The van der Waals surface area contributed by atoms with Crippen LogP contribution in [0.25, 0.3) is 10.8 Å². The summed E-state index contributed by atoms with van der Waals surface area (Å²) >= 11 is 0. The van der Waals surface area contributed by atoms with Crippen LogP contribution in [0.1, 0.15) is 73.8 Å². The zero-order valence-corrected chi connectivity index (χ0v) is 16.0. The molecule has 0 aromatic heterocycles. The molecule has 1 aliphatic carbocycles. The molecule has 1 fully saturated rings. The van der Waals surface area contributed by atoms with Crippen LogP contribution in [-0.4, -0.2) is 29.3 Å². The standard InChI is InChI=1S/C23H28N2O2/c1-2-3-15-24-22(26)21-18-13-7-9-16-10-8-14-19(20(16)18)23(27)25(21)17-11-5-4-6-12-17/h7-10,13-14,17,21H,2-6,11-12,15H2,1H3,(H,24,26). The Hall–Kier alpha value is -2.36. The van der Waals surface area contributed by atoms with Crippen molar-refractivity contribution in [1.82, 2.24) is 10.2 Å². The Morgan fingerprint density at radius 2 is 1.85 bits per heavy atom. The SMILES string of the molecule is CCCCNC(=O)C1c2cccc3cccc(c23)C(=O)N1C1CCCCC1. The number of amides is 2. The van der Waals surface area contributed by atoms with Crippen molar-refractivity contribution in [1.29, 1.82) is 0 Å². The number of hydrogen-bond acceptors (Lipinski definition) is 2. The van der Waals surface area contributed by atoms with Crippen molar-refractivity contribution in [2.75, 3.05) is 6.54 Å². The highest BCUT2D eigenvalue weighted by atomic mass is 16.2. The molecule has 1 aliphatic heterocycles. The molecule has 0 bridgehead atoms. The van der Waals surface area contributed by atoms with Crippen LogP contribution in [-0.2, 0) is 4.79 Å². The summed E-state index contributed by atoms with van der Waals surface area (Å²) in [6.45, 7) is 2.78. The van der Waals surface area contributed by atoms with E-state index >= 15 is 0 Å². The van der Waals surface area contributed by atoms with E-state index in [-0.39, 0.29) is 17.9 Å². The van der Waals surface area contributed by atoms with Crippen LogP contribution in [0.4, 0.5) is 0 Å². The van der Waals surface area contributed by atoms with Crippen LogP contribution in [0.2, 0.25) is 0 Å². The van der Waals surface area contributed by atoms with Gasteiger partial charge in [0.25, 0.3) is 5.91 Å². The minimum Gasteiger partial charge on any atom is -0.354 e. The van der Waals surface area contributed by atoms with E-state index in [1.807, 2.05) is 41.3 Å². The molecule has 0 radical (unpaired) electrons. The molecule has 4 rings (SSSR count). The Morgan fingerprint density at radius 3 is 2.59 bits per heavy atom. The van der Waals surface area contributed by atoms with E-state index in [0.717, 1.165) is 60.4 Å². The first kappa shape index (κ1) is 18.0. The van der Waals surface area contributed by atoms with Crippen molar-refractivity contribution in [3.63, 3.8) is 0 Å². The van der Waals surface area contributed by atoms with Gasteiger partial charge in [0.05, 0.1) is 0 Å². The molecule has 4 heteroatoms. The summed E-state index contributed by atoms with van der Waals surface area (Å²) in [7, 11) is 0. The van der Waals surface area contributed by atoms with Crippen molar-refractivity contribution >= 4 is 22.6 Å². The molecule has 1 heterocycles. The number of benzene rings is 2. The minimum absolute atomic E-state index is 0.0156. The largest absolute Gasteiger partial charge is 0.354 e. The summed E-state index contributed by atoms with van der Waals surface area (Å²) < 4.78 is 0. The minimum atomic E-state index is -0.518. The van der Waals surface area contributed by atoms with E-state index in [1.54, 1.807) is 0 Å². The van der Waals surface area contributed by atoms with Gasteiger partial charge in [0.2, 0.25) is 5.91 Å². The van der Waals surface area contributed by atoms with Gasteiger partial charge in [0.15, 0.2) is 0 Å². The highest BCUT2D eigenvalue weighted by Crippen LogP contribution is 2.40. The summed E-state index contributed by atoms with van der Waals surface area (Å²) in [4.78, 5) is 28.6. The lowest BCUT2D eigenvalue weighted by Crippen LogP contribution is -2.51. The van der Waals surface area contributed by atoms with Crippen molar-refractivity contribution in [3.05, 3.63) is 47.5 Å². The molecular formula is C23H28N2O2. The van der Waals surface area contributed by atoms with Gasteiger partial charge in [-0.1, -0.05) is 62.9 Å². The van der Waals surface area contributed by atoms with Gasteiger partial charge < -0.3 is 10.2 Å². The topological polar surface area (TPSA) is 49.4 Å². The lowest BCUT2D eigenvalue weighted by molar-refractivity contribution is -0.127. The molecule has 142 valence electrons. The average molecular weight is 364 g/mol. The number of hydrogen-bond donors (Lipinski definition) is 1.